The molecular weight excluding hydrogens is 194 g/mol. The number of Topliss-reactive ketones (excluding diaryl/α,β-unsaturated/α-hetero) is 1. The van der Waals surface area contributed by atoms with Crippen molar-refractivity contribution in [1.29, 1.82) is 0 Å². The molecule has 4 heteroatoms. The van der Waals surface area contributed by atoms with Gasteiger partial charge < -0.3 is 9.73 Å². The molecule has 1 rings (SSSR count). The van der Waals surface area contributed by atoms with E-state index in [4.69, 9.17) is 4.42 Å². The number of carbonyl (C=O) groups excluding carboxylic acids is 2. The second-order valence-electron chi connectivity index (χ2n) is 3.75. The summed E-state index contributed by atoms with van der Waals surface area (Å²) in [4.78, 5) is 22.7. The Morgan fingerprint density at radius 1 is 1.47 bits per heavy atom. The Bertz CT molecular complexity index is 366. The maximum atomic E-state index is 11.5. The molecule has 0 saturated heterocycles. The Morgan fingerprint density at radius 3 is 2.60 bits per heavy atom. The first-order valence-electron chi connectivity index (χ1n) is 4.86. The standard InChI is InChI=1S/C11H15NO3/c1-7(2)10(13)5-12-11(14)9-4-8(3)15-6-9/h4,6-7H,5H2,1-3H3,(H,12,14). The van der Waals surface area contributed by atoms with Gasteiger partial charge in [-0.25, -0.2) is 0 Å². The van der Waals surface area contributed by atoms with Crippen LogP contribution in [0, 0.1) is 12.8 Å². The van der Waals surface area contributed by atoms with Crippen LogP contribution in [0.4, 0.5) is 0 Å². The van der Waals surface area contributed by atoms with Crippen molar-refractivity contribution in [3.8, 4) is 0 Å². The summed E-state index contributed by atoms with van der Waals surface area (Å²) in [5.41, 5.74) is 0.448. The molecule has 0 saturated carbocycles. The van der Waals surface area contributed by atoms with Gasteiger partial charge in [-0.05, 0) is 13.0 Å². The normalized spacial score (nSPS) is 10.4. The molecular formula is C11H15NO3. The van der Waals surface area contributed by atoms with Gasteiger partial charge in [0.2, 0.25) is 0 Å². The van der Waals surface area contributed by atoms with Crippen molar-refractivity contribution in [2.75, 3.05) is 6.54 Å². The smallest absolute Gasteiger partial charge is 0.254 e. The van der Waals surface area contributed by atoms with Crippen LogP contribution in [0.2, 0.25) is 0 Å². The molecule has 1 N–H and O–H groups in total. The molecule has 0 unspecified atom stereocenters. The topological polar surface area (TPSA) is 59.3 Å². The third-order valence-electron chi connectivity index (χ3n) is 2.06. The molecule has 1 aromatic heterocycles. The van der Waals surface area contributed by atoms with Gasteiger partial charge in [-0.3, -0.25) is 9.59 Å². The molecule has 0 fully saturated rings. The van der Waals surface area contributed by atoms with Crippen LogP contribution < -0.4 is 5.32 Å². The van der Waals surface area contributed by atoms with Gasteiger partial charge in [0.15, 0.2) is 5.78 Å². The highest BCUT2D eigenvalue weighted by Crippen LogP contribution is 2.05. The molecule has 0 aliphatic heterocycles. The van der Waals surface area contributed by atoms with Gasteiger partial charge in [0.1, 0.15) is 12.0 Å². The highest BCUT2D eigenvalue weighted by atomic mass is 16.3. The van der Waals surface area contributed by atoms with Gasteiger partial charge in [-0.1, -0.05) is 13.8 Å². The number of nitrogens with one attached hydrogen (secondary N) is 1. The van der Waals surface area contributed by atoms with Crippen molar-refractivity contribution >= 4 is 11.7 Å². The summed E-state index contributed by atoms with van der Waals surface area (Å²) < 4.78 is 4.99. The van der Waals surface area contributed by atoms with Crippen molar-refractivity contribution in [3.63, 3.8) is 0 Å². The molecule has 0 spiro atoms. The maximum Gasteiger partial charge on any atom is 0.254 e. The lowest BCUT2D eigenvalue weighted by atomic mass is 10.1. The predicted octanol–water partition coefficient (Wildman–Crippen LogP) is 1.54. The molecule has 1 amide bonds. The summed E-state index contributed by atoms with van der Waals surface area (Å²) in [5.74, 6) is 0.358. The summed E-state index contributed by atoms with van der Waals surface area (Å²) in [6, 6.07) is 1.63. The highest BCUT2D eigenvalue weighted by Gasteiger charge is 2.11. The summed E-state index contributed by atoms with van der Waals surface area (Å²) in [6.07, 6.45) is 1.38. The van der Waals surface area contributed by atoms with E-state index in [9.17, 15) is 9.59 Å². The van der Waals surface area contributed by atoms with Gasteiger partial charge in [0, 0.05) is 5.92 Å². The van der Waals surface area contributed by atoms with Crippen molar-refractivity contribution < 1.29 is 14.0 Å². The molecule has 0 atom stereocenters. The largest absolute Gasteiger partial charge is 0.469 e. The Kier molecular flexibility index (Phi) is 3.66. The molecule has 0 aromatic carbocycles. The third-order valence-corrected chi connectivity index (χ3v) is 2.06. The fourth-order valence-electron chi connectivity index (χ4n) is 1.04. The number of ketones is 1. The predicted molar refractivity (Wildman–Crippen MR) is 55.6 cm³/mol. The van der Waals surface area contributed by atoms with E-state index < -0.39 is 0 Å². The number of amides is 1. The fourth-order valence-corrected chi connectivity index (χ4v) is 1.04. The molecule has 1 aromatic rings. The lowest BCUT2D eigenvalue weighted by molar-refractivity contribution is -0.120. The molecule has 0 aliphatic carbocycles. The molecule has 0 bridgehead atoms. The number of rotatable bonds is 4. The van der Waals surface area contributed by atoms with E-state index in [0.29, 0.717) is 11.3 Å². The minimum absolute atomic E-state index is 0.0172. The van der Waals surface area contributed by atoms with E-state index >= 15 is 0 Å². The van der Waals surface area contributed by atoms with E-state index in [0.717, 1.165) is 0 Å². The van der Waals surface area contributed by atoms with Crippen molar-refractivity contribution in [1.82, 2.24) is 5.32 Å². The minimum atomic E-state index is -0.277. The SMILES string of the molecule is Cc1cc(C(=O)NCC(=O)C(C)C)co1. The van der Waals surface area contributed by atoms with Crippen LogP contribution in [0.3, 0.4) is 0 Å². The molecule has 0 radical (unpaired) electrons. The zero-order valence-corrected chi connectivity index (χ0v) is 9.16. The van der Waals surface area contributed by atoms with Crippen molar-refractivity contribution in [2.24, 2.45) is 5.92 Å². The highest BCUT2D eigenvalue weighted by molar-refractivity contribution is 5.96. The summed E-state index contributed by atoms with van der Waals surface area (Å²) in [6.45, 7) is 5.43. The average Bonchev–Trinajstić information content (AvgIpc) is 2.60. The molecule has 0 aliphatic rings. The van der Waals surface area contributed by atoms with Crippen LogP contribution in [0.15, 0.2) is 16.7 Å². The van der Waals surface area contributed by atoms with E-state index in [-0.39, 0.29) is 24.2 Å². The van der Waals surface area contributed by atoms with Gasteiger partial charge in [0.25, 0.3) is 5.91 Å². The molecule has 15 heavy (non-hydrogen) atoms. The second kappa shape index (κ2) is 4.77. The lowest BCUT2D eigenvalue weighted by Gasteiger charge is -2.04. The van der Waals surface area contributed by atoms with Crippen LogP contribution in [0.1, 0.15) is 30.0 Å². The van der Waals surface area contributed by atoms with Gasteiger partial charge in [-0.2, -0.15) is 0 Å². The van der Waals surface area contributed by atoms with E-state index in [2.05, 4.69) is 5.32 Å². The fraction of sp³-hybridized carbons (Fsp3) is 0.455. The molecule has 4 nitrogen and oxygen atoms in total. The number of hydrogen-bond donors (Lipinski definition) is 1. The zero-order valence-electron chi connectivity index (χ0n) is 9.16. The van der Waals surface area contributed by atoms with Crippen LogP contribution >= 0.6 is 0 Å². The molecule has 1 heterocycles. The Balaban J connectivity index is 2.47. The first-order valence-corrected chi connectivity index (χ1v) is 4.86. The van der Waals surface area contributed by atoms with Crippen LogP contribution in [-0.4, -0.2) is 18.2 Å². The minimum Gasteiger partial charge on any atom is -0.469 e. The van der Waals surface area contributed by atoms with Gasteiger partial charge in [-0.15, -0.1) is 0 Å². The first-order chi connectivity index (χ1) is 7.00. The second-order valence-corrected chi connectivity index (χ2v) is 3.75. The lowest BCUT2D eigenvalue weighted by Crippen LogP contribution is -2.31. The van der Waals surface area contributed by atoms with E-state index in [1.54, 1.807) is 26.8 Å². The van der Waals surface area contributed by atoms with Gasteiger partial charge in [0.05, 0.1) is 12.1 Å². The summed E-state index contributed by atoms with van der Waals surface area (Å²) >= 11 is 0. The van der Waals surface area contributed by atoms with Crippen molar-refractivity contribution in [3.05, 3.63) is 23.7 Å². The summed E-state index contributed by atoms with van der Waals surface area (Å²) in [5, 5.41) is 2.54. The van der Waals surface area contributed by atoms with E-state index in [1.807, 2.05) is 0 Å². The Labute approximate surface area is 88.7 Å². The Morgan fingerprint density at radius 2 is 2.13 bits per heavy atom. The van der Waals surface area contributed by atoms with E-state index in [1.165, 1.54) is 6.26 Å². The molecule has 82 valence electrons. The van der Waals surface area contributed by atoms with Crippen molar-refractivity contribution in [2.45, 2.75) is 20.8 Å². The summed E-state index contributed by atoms with van der Waals surface area (Å²) in [7, 11) is 0. The number of hydrogen-bond acceptors (Lipinski definition) is 3. The monoisotopic (exact) mass is 209 g/mol. The van der Waals surface area contributed by atoms with Crippen LogP contribution in [-0.2, 0) is 4.79 Å². The van der Waals surface area contributed by atoms with Crippen LogP contribution in [0.5, 0.6) is 0 Å². The van der Waals surface area contributed by atoms with Gasteiger partial charge >= 0.3 is 0 Å². The number of carbonyl (C=O) groups is 2. The average molecular weight is 209 g/mol. The quantitative estimate of drug-likeness (QED) is 0.818. The maximum absolute atomic E-state index is 11.5. The first kappa shape index (κ1) is 11.5. The zero-order chi connectivity index (χ0) is 11.4. The number of furan rings is 1. The number of aryl methyl sites for hydroxylation is 1. The van der Waals surface area contributed by atoms with Crippen LogP contribution in [0.25, 0.3) is 0 Å². The Hall–Kier alpha value is -1.58. The third kappa shape index (κ3) is 3.23.